The van der Waals surface area contributed by atoms with Crippen molar-refractivity contribution in [3.05, 3.63) is 47.7 Å². The van der Waals surface area contributed by atoms with Crippen molar-refractivity contribution in [2.24, 2.45) is 0 Å². The van der Waals surface area contributed by atoms with Crippen LogP contribution in [0.25, 0.3) is 11.3 Å². The molecular weight excluding hydrogens is 262 g/mol. The van der Waals surface area contributed by atoms with Crippen molar-refractivity contribution in [1.82, 2.24) is 10.2 Å². The van der Waals surface area contributed by atoms with E-state index in [0.29, 0.717) is 0 Å². The van der Waals surface area contributed by atoms with Crippen LogP contribution in [0.3, 0.4) is 0 Å². The molecular formula is C17H19N3O. The molecule has 4 nitrogen and oxygen atoms in total. The number of aryl methyl sites for hydroxylation is 2. The Kier molecular flexibility index (Phi) is 3.60. The normalized spacial score (nSPS) is 13.6. The molecule has 1 aliphatic carbocycles. The van der Waals surface area contributed by atoms with Crippen molar-refractivity contribution in [3.63, 3.8) is 0 Å². The lowest BCUT2D eigenvalue weighted by atomic mass is 9.93. The molecule has 4 heteroatoms. The van der Waals surface area contributed by atoms with Crippen LogP contribution in [-0.2, 0) is 17.6 Å². The van der Waals surface area contributed by atoms with E-state index in [-0.39, 0.29) is 5.91 Å². The van der Waals surface area contributed by atoms with E-state index in [0.717, 1.165) is 35.3 Å². The number of carbonyl (C=O) groups excluding carboxylic acids is 1. The van der Waals surface area contributed by atoms with Crippen LogP contribution < -0.4 is 5.32 Å². The smallest absolute Gasteiger partial charge is 0.247 e. The molecule has 0 spiro atoms. The summed E-state index contributed by atoms with van der Waals surface area (Å²) < 4.78 is 0. The number of amides is 1. The summed E-state index contributed by atoms with van der Waals surface area (Å²) in [5.74, 6) is -0.203. The number of benzene rings is 1. The number of fused-ring (bicyclic) bond motifs is 1. The first-order valence-electron chi connectivity index (χ1n) is 7.29. The third kappa shape index (κ3) is 2.61. The molecule has 0 aliphatic heterocycles. The second-order valence-corrected chi connectivity index (χ2v) is 5.48. The number of hydrogen-bond donors (Lipinski definition) is 2. The Morgan fingerprint density at radius 1 is 1.38 bits per heavy atom. The number of hydrogen-bond acceptors (Lipinski definition) is 2. The minimum Gasteiger partial charge on any atom is -0.322 e. The van der Waals surface area contributed by atoms with Crippen LogP contribution in [0, 0.1) is 6.92 Å². The molecule has 1 aliphatic rings. The molecule has 1 amide bonds. The number of rotatable bonds is 3. The zero-order valence-electron chi connectivity index (χ0n) is 12.2. The predicted molar refractivity (Wildman–Crippen MR) is 84.2 cm³/mol. The molecule has 0 radical (unpaired) electrons. The summed E-state index contributed by atoms with van der Waals surface area (Å²) in [7, 11) is 0. The fraction of sp³-hybridized carbons (Fsp3) is 0.294. The highest BCUT2D eigenvalue weighted by Gasteiger charge is 2.20. The van der Waals surface area contributed by atoms with Gasteiger partial charge in [0.2, 0.25) is 5.91 Å². The average molecular weight is 281 g/mol. The van der Waals surface area contributed by atoms with E-state index in [9.17, 15) is 4.79 Å². The third-order valence-electron chi connectivity index (χ3n) is 3.93. The lowest BCUT2D eigenvalue weighted by Crippen LogP contribution is -2.09. The monoisotopic (exact) mass is 281 g/mol. The molecule has 0 saturated heterocycles. The van der Waals surface area contributed by atoms with Gasteiger partial charge < -0.3 is 5.32 Å². The molecule has 1 heterocycles. The van der Waals surface area contributed by atoms with Gasteiger partial charge in [-0.15, -0.1) is 0 Å². The van der Waals surface area contributed by atoms with Crippen molar-refractivity contribution in [1.29, 1.82) is 0 Å². The fourth-order valence-corrected chi connectivity index (χ4v) is 2.86. The molecule has 3 rings (SSSR count). The highest BCUT2D eigenvalue weighted by molar-refractivity contribution is 6.01. The molecule has 0 fully saturated rings. The maximum Gasteiger partial charge on any atom is 0.247 e. The Morgan fingerprint density at radius 2 is 2.19 bits per heavy atom. The second-order valence-electron chi connectivity index (χ2n) is 5.48. The van der Waals surface area contributed by atoms with Gasteiger partial charge >= 0.3 is 0 Å². The van der Waals surface area contributed by atoms with Crippen molar-refractivity contribution in [2.75, 3.05) is 5.32 Å². The van der Waals surface area contributed by atoms with Gasteiger partial charge in [-0.1, -0.05) is 18.7 Å². The number of anilines is 1. The molecule has 1 aromatic carbocycles. The Labute approximate surface area is 124 Å². The van der Waals surface area contributed by atoms with E-state index in [2.05, 4.69) is 22.1 Å². The highest BCUT2D eigenvalue weighted by Crippen LogP contribution is 2.34. The van der Waals surface area contributed by atoms with E-state index >= 15 is 0 Å². The predicted octanol–water partition coefficient (Wildman–Crippen LogP) is 3.39. The van der Waals surface area contributed by atoms with Gasteiger partial charge in [0.25, 0.3) is 0 Å². The first-order valence-corrected chi connectivity index (χ1v) is 7.29. The number of carbonyl (C=O) groups is 1. The van der Waals surface area contributed by atoms with Crippen LogP contribution in [0.2, 0.25) is 0 Å². The summed E-state index contributed by atoms with van der Waals surface area (Å²) in [6, 6.07) is 6.04. The van der Waals surface area contributed by atoms with Crippen LogP contribution >= 0.6 is 0 Å². The highest BCUT2D eigenvalue weighted by atomic mass is 16.1. The van der Waals surface area contributed by atoms with Gasteiger partial charge in [0.1, 0.15) is 0 Å². The molecule has 108 valence electrons. The van der Waals surface area contributed by atoms with E-state index < -0.39 is 0 Å². The van der Waals surface area contributed by atoms with Gasteiger partial charge in [-0.3, -0.25) is 9.89 Å². The van der Waals surface area contributed by atoms with E-state index in [1.54, 1.807) is 0 Å². The standard InChI is InChI=1S/C17H19N3O/c1-3-16(21)18-15-10-11(2)8-9-13(15)17-12-6-4-5-7-14(12)19-20-17/h3,8-10H,1,4-7H2,2H3,(H,18,21)(H,19,20). The van der Waals surface area contributed by atoms with Crippen LogP contribution in [0.5, 0.6) is 0 Å². The Hall–Kier alpha value is -2.36. The molecule has 2 N–H and O–H groups in total. The summed E-state index contributed by atoms with van der Waals surface area (Å²) >= 11 is 0. The lowest BCUT2D eigenvalue weighted by molar-refractivity contribution is -0.111. The van der Waals surface area contributed by atoms with Gasteiger partial charge in [-0.05, 0) is 50.3 Å². The Balaban J connectivity index is 2.07. The molecule has 1 aromatic heterocycles. The Bertz CT molecular complexity index is 700. The first-order chi connectivity index (χ1) is 10.2. The first kappa shape index (κ1) is 13.6. The summed E-state index contributed by atoms with van der Waals surface area (Å²) in [6.45, 7) is 5.52. The molecule has 2 aromatic rings. The van der Waals surface area contributed by atoms with Gasteiger partial charge in [-0.25, -0.2) is 0 Å². The molecule has 0 saturated carbocycles. The van der Waals surface area contributed by atoms with Crippen molar-refractivity contribution in [3.8, 4) is 11.3 Å². The zero-order valence-corrected chi connectivity index (χ0v) is 12.2. The summed E-state index contributed by atoms with van der Waals surface area (Å²) in [4.78, 5) is 11.6. The second kappa shape index (κ2) is 5.56. The molecule has 0 unspecified atom stereocenters. The number of nitrogens with zero attached hydrogens (tertiary/aromatic N) is 1. The largest absolute Gasteiger partial charge is 0.322 e. The van der Waals surface area contributed by atoms with Gasteiger partial charge in [0, 0.05) is 16.8 Å². The van der Waals surface area contributed by atoms with Crippen molar-refractivity contribution in [2.45, 2.75) is 32.6 Å². The molecule has 0 bridgehead atoms. The minimum atomic E-state index is -0.203. The number of nitrogens with one attached hydrogen (secondary N) is 2. The fourth-order valence-electron chi connectivity index (χ4n) is 2.86. The number of H-pyrrole nitrogens is 1. The van der Waals surface area contributed by atoms with E-state index in [4.69, 9.17) is 0 Å². The van der Waals surface area contributed by atoms with Gasteiger partial charge in [0.15, 0.2) is 0 Å². The van der Waals surface area contributed by atoms with Gasteiger partial charge in [0.05, 0.1) is 11.4 Å². The van der Waals surface area contributed by atoms with Gasteiger partial charge in [-0.2, -0.15) is 5.10 Å². The topological polar surface area (TPSA) is 57.8 Å². The van der Waals surface area contributed by atoms with E-state index in [1.165, 1.54) is 30.2 Å². The van der Waals surface area contributed by atoms with Crippen molar-refractivity contribution < 1.29 is 4.79 Å². The summed E-state index contributed by atoms with van der Waals surface area (Å²) in [5, 5.41) is 10.5. The number of aromatic amines is 1. The van der Waals surface area contributed by atoms with Crippen LogP contribution in [0.1, 0.15) is 29.7 Å². The Morgan fingerprint density at radius 3 is 3.00 bits per heavy atom. The van der Waals surface area contributed by atoms with Crippen molar-refractivity contribution >= 4 is 11.6 Å². The lowest BCUT2D eigenvalue weighted by Gasteiger charge is -2.14. The van der Waals surface area contributed by atoms with E-state index in [1.807, 2.05) is 25.1 Å². The third-order valence-corrected chi connectivity index (χ3v) is 3.93. The van der Waals surface area contributed by atoms with Crippen LogP contribution in [-0.4, -0.2) is 16.1 Å². The summed E-state index contributed by atoms with van der Waals surface area (Å²) in [6.07, 6.45) is 5.79. The SMILES string of the molecule is C=CC(=O)Nc1cc(C)ccc1-c1n[nH]c2c1CCCC2. The minimum absolute atomic E-state index is 0.203. The van der Waals surface area contributed by atoms with Crippen LogP contribution in [0.15, 0.2) is 30.9 Å². The summed E-state index contributed by atoms with van der Waals surface area (Å²) in [5.41, 5.74) is 6.35. The quantitative estimate of drug-likeness (QED) is 0.847. The van der Waals surface area contributed by atoms with Crippen LogP contribution in [0.4, 0.5) is 5.69 Å². The number of aromatic nitrogens is 2. The molecule has 0 atom stereocenters. The maximum absolute atomic E-state index is 11.6. The maximum atomic E-state index is 11.6. The average Bonchev–Trinajstić information content (AvgIpc) is 2.91. The zero-order chi connectivity index (χ0) is 14.8. The molecule has 21 heavy (non-hydrogen) atoms.